The molecule has 0 bridgehead atoms. The second-order valence-electron chi connectivity index (χ2n) is 7.39. The number of ether oxygens (including phenoxy) is 2. The lowest BCUT2D eigenvalue weighted by atomic mass is 10.0. The van der Waals surface area contributed by atoms with E-state index in [-0.39, 0.29) is 23.9 Å². The first kappa shape index (κ1) is 24.8. The van der Waals surface area contributed by atoms with Gasteiger partial charge in [0, 0.05) is 0 Å². The van der Waals surface area contributed by atoms with Crippen molar-refractivity contribution in [2.75, 3.05) is 30.8 Å². The van der Waals surface area contributed by atoms with Crippen molar-refractivity contribution >= 4 is 33.2 Å². The molecule has 0 aromatic heterocycles. The van der Waals surface area contributed by atoms with Crippen LogP contribution in [0.3, 0.4) is 0 Å². The highest BCUT2D eigenvalue weighted by atomic mass is 35.5. The first-order valence-corrected chi connectivity index (χ1v) is 12.1. The summed E-state index contributed by atoms with van der Waals surface area (Å²) in [5.41, 5.74) is 1.36. The zero-order chi connectivity index (χ0) is 23.2. The number of amides is 1. The van der Waals surface area contributed by atoms with E-state index in [1.165, 1.54) is 20.1 Å². The molecule has 1 atom stereocenters. The van der Waals surface area contributed by atoms with Gasteiger partial charge in [0.15, 0.2) is 0 Å². The number of anilines is 1. The average molecular weight is 469 g/mol. The lowest BCUT2D eigenvalue weighted by Crippen LogP contribution is -2.48. The summed E-state index contributed by atoms with van der Waals surface area (Å²) in [5, 5.41) is 2.98. The van der Waals surface area contributed by atoms with Gasteiger partial charge in [-0.25, -0.2) is 8.42 Å². The number of hydrogen-bond donors (Lipinski definition) is 1. The number of halogens is 1. The second-order valence-corrected chi connectivity index (χ2v) is 9.65. The molecule has 2 rings (SSSR count). The van der Waals surface area contributed by atoms with Crippen LogP contribution in [0.2, 0.25) is 5.02 Å². The zero-order valence-corrected chi connectivity index (χ0v) is 20.0. The van der Waals surface area contributed by atoms with Gasteiger partial charge in [-0.15, -0.1) is 0 Å². The lowest BCUT2D eigenvalue weighted by Gasteiger charge is -2.28. The Morgan fingerprint density at radius 3 is 2.39 bits per heavy atom. The molecule has 2 aromatic carbocycles. The third-order valence-corrected chi connectivity index (χ3v) is 6.22. The molecule has 1 N–H and O–H groups in total. The molecule has 9 heteroatoms. The number of nitrogens with zero attached hydrogens (tertiary/aromatic N) is 1. The molecule has 31 heavy (non-hydrogen) atoms. The Morgan fingerprint density at radius 1 is 1.13 bits per heavy atom. The smallest absolute Gasteiger partial charge is 0.243 e. The molecular formula is C22H29ClN2O5S. The van der Waals surface area contributed by atoms with Gasteiger partial charge in [-0.05, 0) is 42.7 Å². The quantitative estimate of drug-likeness (QED) is 0.536. The van der Waals surface area contributed by atoms with Crippen LogP contribution in [-0.4, -0.2) is 46.9 Å². The molecular weight excluding hydrogens is 440 g/mol. The van der Waals surface area contributed by atoms with Gasteiger partial charge >= 0.3 is 0 Å². The van der Waals surface area contributed by atoms with Crippen LogP contribution in [0.15, 0.2) is 42.5 Å². The van der Waals surface area contributed by atoms with Crippen LogP contribution in [0.1, 0.15) is 32.3 Å². The molecule has 170 valence electrons. The minimum atomic E-state index is -3.75. The SMILES string of the molecule is COc1ccc(N(C(C)C(=O)NCCOc2ccccc2C(C)C)S(C)(=O)=O)cc1Cl. The largest absolute Gasteiger partial charge is 0.495 e. The van der Waals surface area contributed by atoms with Crippen molar-refractivity contribution in [2.24, 2.45) is 0 Å². The molecule has 7 nitrogen and oxygen atoms in total. The Labute approximate surface area is 189 Å². The Hall–Kier alpha value is -2.45. The van der Waals surface area contributed by atoms with Crippen molar-refractivity contribution in [1.82, 2.24) is 5.32 Å². The Morgan fingerprint density at radius 2 is 1.81 bits per heavy atom. The summed E-state index contributed by atoms with van der Waals surface area (Å²) in [6.07, 6.45) is 1.04. The molecule has 0 spiro atoms. The maximum absolute atomic E-state index is 12.7. The maximum Gasteiger partial charge on any atom is 0.243 e. The van der Waals surface area contributed by atoms with Gasteiger partial charge in [0.25, 0.3) is 0 Å². The molecule has 1 unspecified atom stereocenters. The summed E-state index contributed by atoms with van der Waals surface area (Å²) < 4.78 is 36.8. The van der Waals surface area contributed by atoms with Crippen LogP contribution < -0.4 is 19.1 Å². The number of benzene rings is 2. The molecule has 0 saturated heterocycles. The van der Waals surface area contributed by atoms with Gasteiger partial charge in [0.2, 0.25) is 15.9 Å². The molecule has 0 fully saturated rings. The first-order chi connectivity index (χ1) is 14.6. The van der Waals surface area contributed by atoms with Gasteiger partial charge in [0.05, 0.1) is 30.6 Å². The highest BCUT2D eigenvalue weighted by Crippen LogP contribution is 2.31. The zero-order valence-electron chi connectivity index (χ0n) is 18.4. The first-order valence-electron chi connectivity index (χ1n) is 9.88. The van der Waals surface area contributed by atoms with Crippen LogP contribution in [0, 0.1) is 0 Å². The summed E-state index contributed by atoms with van der Waals surface area (Å²) in [6, 6.07) is 11.3. The van der Waals surface area contributed by atoms with E-state index in [1.807, 2.05) is 24.3 Å². The minimum Gasteiger partial charge on any atom is -0.495 e. The van der Waals surface area contributed by atoms with Crippen LogP contribution in [0.25, 0.3) is 0 Å². The molecule has 0 radical (unpaired) electrons. The van der Waals surface area contributed by atoms with E-state index in [0.717, 1.165) is 21.9 Å². The van der Waals surface area contributed by atoms with E-state index in [4.69, 9.17) is 21.1 Å². The van der Waals surface area contributed by atoms with Gasteiger partial charge in [-0.1, -0.05) is 43.6 Å². The molecule has 0 aliphatic rings. The summed E-state index contributed by atoms with van der Waals surface area (Å²) in [7, 11) is -2.28. The number of carbonyl (C=O) groups is 1. The van der Waals surface area contributed by atoms with Crippen molar-refractivity contribution in [3.63, 3.8) is 0 Å². The fourth-order valence-electron chi connectivity index (χ4n) is 3.17. The van der Waals surface area contributed by atoms with Gasteiger partial charge < -0.3 is 14.8 Å². The average Bonchev–Trinajstić information content (AvgIpc) is 2.70. The van der Waals surface area contributed by atoms with Crippen molar-refractivity contribution in [3.05, 3.63) is 53.1 Å². The maximum atomic E-state index is 12.7. The fourth-order valence-corrected chi connectivity index (χ4v) is 4.59. The van der Waals surface area contributed by atoms with E-state index >= 15 is 0 Å². The normalized spacial score (nSPS) is 12.4. The standard InChI is InChI=1S/C22H29ClN2O5S/c1-15(2)18-8-6-7-9-20(18)30-13-12-24-22(26)16(3)25(31(5,27)28)17-10-11-21(29-4)19(23)14-17/h6-11,14-16H,12-13H2,1-5H3,(H,24,26). The Balaban J connectivity index is 2.05. The van der Waals surface area contributed by atoms with E-state index in [1.54, 1.807) is 12.1 Å². The van der Waals surface area contributed by atoms with E-state index < -0.39 is 22.0 Å². The predicted octanol–water partition coefficient (Wildman–Crippen LogP) is 3.82. The topological polar surface area (TPSA) is 84.9 Å². The summed E-state index contributed by atoms with van der Waals surface area (Å²) in [6.45, 7) is 6.17. The van der Waals surface area contributed by atoms with E-state index in [2.05, 4.69) is 19.2 Å². The monoisotopic (exact) mass is 468 g/mol. The number of methoxy groups -OCH3 is 1. The lowest BCUT2D eigenvalue weighted by molar-refractivity contribution is -0.121. The molecule has 0 aliphatic carbocycles. The van der Waals surface area contributed by atoms with Crippen LogP contribution >= 0.6 is 11.6 Å². The van der Waals surface area contributed by atoms with Gasteiger partial charge in [0.1, 0.15) is 24.1 Å². The number of carbonyl (C=O) groups excluding carboxylic acids is 1. The highest BCUT2D eigenvalue weighted by Gasteiger charge is 2.29. The number of sulfonamides is 1. The number of nitrogens with one attached hydrogen (secondary N) is 1. The number of hydrogen-bond acceptors (Lipinski definition) is 5. The fraction of sp³-hybridized carbons (Fsp3) is 0.409. The third-order valence-electron chi connectivity index (χ3n) is 4.68. The number of rotatable bonds is 10. The molecule has 0 aliphatic heterocycles. The molecule has 1 amide bonds. The van der Waals surface area contributed by atoms with Crippen LogP contribution in [0.4, 0.5) is 5.69 Å². The van der Waals surface area contributed by atoms with Crippen LogP contribution in [-0.2, 0) is 14.8 Å². The Bertz CT molecular complexity index is 1010. The summed E-state index contributed by atoms with van der Waals surface area (Å²) >= 11 is 6.14. The third kappa shape index (κ3) is 6.51. The highest BCUT2D eigenvalue weighted by molar-refractivity contribution is 7.92. The van der Waals surface area contributed by atoms with Gasteiger partial charge in [-0.2, -0.15) is 0 Å². The van der Waals surface area contributed by atoms with Crippen LogP contribution in [0.5, 0.6) is 11.5 Å². The van der Waals surface area contributed by atoms with Crippen molar-refractivity contribution in [1.29, 1.82) is 0 Å². The van der Waals surface area contributed by atoms with E-state index in [0.29, 0.717) is 11.7 Å². The summed E-state index contributed by atoms with van der Waals surface area (Å²) in [5.74, 6) is 1.05. The van der Waals surface area contributed by atoms with Crippen molar-refractivity contribution in [3.8, 4) is 11.5 Å². The molecule has 0 saturated carbocycles. The summed E-state index contributed by atoms with van der Waals surface area (Å²) in [4.78, 5) is 12.7. The van der Waals surface area contributed by atoms with E-state index in [9.17, 15) is 13.2 Å². The van der Waals surface area contributed by atoms with Crippen molar-refractivity contribution < 1.29 is 22.7 Å². The Kier molecular flexibility index (Phi) is 8.59. The molecule has 0 heterocycles. The van der Waals surface area contributed by atoms with Crippen molar-refractivity contribution in [2.45, 2.75) is 32.7 Å². The second kappa shape index (κ2) is 10.7. The predicted molar refractivity (Wildman–Crippen MR) is 124 cm³/mol. The minimum absolute atomic E-state index is 0.233. The number of para-hydroxylation sites is 1. The molecule has 2 aromatic rings. The van der Waals surface area contributed by atoms with Gasteiger partial charge in [-0.3, -0.25) is 9.10 Å².